The molecule has 1 aliphatic rings. The van der Waals surface area contributed by atoms with E-state index in [2.05, 4.69) is 10.5 Å². The molecular formula is C4H8N4O. The minimum absolute atomic E-state index is 0.169. The zero-order valence-corrected chi connectivity index (χ0v) is 5.33. The van der Waals surface area contributed by atoms with Crippen LogP contribution in [0.4, 0.5) is 4.79 Å². The zero-order valence-electron chi connectivity index (χ0n) is 5.33. The third kappa shape index (κ3) is 0.933. The number of rotatable bonds is 0. The SMILES string of the molecule is CN1N=CNN(C)C1=O. The molecule has 1 aliphatic heterocycles. The van der Waals surface area contributed by atoms with Crippen LogP contribution in [0.15, 0.2) is 5.10 Å². The molecule has 0 aromatic heterocycles. The smallest absolute Gasteiger partial charge is 0.283 e. The topological polar surface area (TPSA) is 47.9 Å². The maximum atomic E-state index is 10.8. The molecular weight excluding hydrogens is 120 g/mol. The number of nitrogens with one attached hydrogen (secondary N) is 1. The first-order chi connectivity index (χ1) is 4.22. The summed E-state index contributed by atoms with van der Waals surface area (Å²) in [4.78, 5) is 10.8. The van der Waals surface area contributed by atoms with E-state index in [-0.39, 0.29) is 6.03 Å². The summed E-state index contributed by atoms with van der Waals surface area (Å²) in [5, 5.41) is 6.25. The Morgan fingerprint density at radius 2 is 2.33 bits per heavy atom. The lowest BCUT2D eigenvalue weighted by Gasteiger charge is -2.24. The lowest BCUT2D eigenvalue weighted by molar-refractivity contribution is 0.159. The molecule has 5 heteroatoms. The average Bonchev–Trinajstić information content (AvgIpc) is 1.83. The number of hydrogen-bond donors (Lipinski definition) is 1. The van der Waals surface area contributed by atoms with Crippen LogP contribution >= 0.6 is 0 Å². The van der Waals surface area contributed by atoms with Crippen LogP contribution in [0.2, 0.25) is 0 Å². The van der Waals surface area contributed by atoms with Crippen molar-refractivity contribution in [2.75, 3.05) is 14.1 Å². The Balaban J connectivity index is 2.69. The largest absolute Gasteiger partial charge is 0.358 e. The van der Waals surface area contributed by atoms with E-state index in [0.29, 0.717) is 0 Å². The third-order valence-electron chi connectivity index (χ3n) is 1.05. The number of urea groups is 1. The van der Waals surface area contributed by atoms with Crippen molar-refractivity contribution in [3.8, 4) is 0 Å². The highest BCUT2D eigenvalue weighted by atomic mass is 16.2. The van der Waals surface area contributed by atoms with E-state index < -0.39 is 0 Å². The molecule has 0 unspecified atom stereocenters. The van der Waals surface area contributed by atoms with Crippen LogP contribution in [0.1, 0.15) is 0 Å². The van der Waals surface area contributed by atoms with Crippen molar-refractivity contribution in [2.45, 2.75) is 0 Å². The van der Waals surface area contributed by atoms with Gasteiger partial charge in [0.25, 0.3) is 0 Å². The van der Waals surface area contributed by atoms with E-state index in [1.54, 1.807) is 14.1 Å². The van der Waals surface area contributed by atoms with Crippen molar-refractivity contribution in [1.82, 2.24) is 15.4 Å². The van der Waals surface area contributed by atoms with Crippen LogP contribution in [-0.2, 0) is 0 Å². The van der Waals surface area contributed by atoms with Gasteiger partial charge in [-0.3, -0.25) is 5.43 Å². The minimum atomic E-state index is -0.169. The third-order valence-corrected chi connectivity index (χ3v) is 1.05. The van der Waals surface area contributed by atoms with Crippen LogP contribution in [0.3, 0.4) is 0 Å². The standard InChI is InChI=1S/C4H8N4O/c1-7-4(9)8(2)6-3-5-7/h3H,1-2H3,(H,5,6). The molecule has 0 aromatic rings. The molecule has 50 valence electrons. The highest BCUT2D eigenvalue weighted by Gasteiger charge is 2.14. The lowest BCUT2D eigenvalue weighted by Crippen LogP contribution is -2.48. The van der Waals surface area contributed by atoms with Gasteiger partial charge in [0.1, 0.15) is 6.34 Å². The predicted molar refractivity (Wildman–Crippen MR) is 32.5 cm³/mol. The van der Waals surface area contributed by atoms with Crippen LogP contribution in [0.5, 0.6) is 0 Å². The van der Waals surface area contributed by atoms with Crippen molar-refractivity contribution >= 4 is 12.4 Å². The van der Waals surface area contributed by atoms with Gasteiger partial charge in [-0.1, -0.05) is 0 Å². The molecule has 0 fully saturated rings. The summed E-state index contributed by atoms with van der Waals surface area (Å²) < 4.78 is 0. The molecule has 0 spiro atoms. The maximum absolute atomic E-state index is 10.8. The summed E-state index contributed by atoms with van der Waals surface area (Å²) >= 11 is 0. The van der Waals surface area contributed by atoms with E-state index in [1.807, 2.05) is 0 Å². The molecule has 2 amide bonds. The van der Waals surface area contributed by atoms with Crippen molar-refractivity contribution in [2.24, 2.45) is 5.10 Å². The summed E-state index contributed by atoms with van der Waals surface area (Å²) in [5.74, 6) is 0. The Labute approximate surface area is 52.9 Å². The Kier molecular flexibility index (Phi) is 1.26. The van der Waals surface area contributed by atoms with Crippen LogP contribution in [0.25, 0.3) is 0 Å². The quantitative estimate of drug-likeness (QED) is 0.475. The second-order valence-corrected chi connectivity index (χ2v) is 1.74. The van der Waals surface area contributed by atoms with E-state index in [1.165, 1.54) is 16.4 Å². The van der Waals surface area contributed by atoms with Gasteiger partial charge < -0.3 is 0 Å². The molecule has 0 aromatic carbocycles. The number of hydrazone groups is 1. The Morgan fingerprint density at radius 1 is 1.67 bits per heavy atom. The van der Waals surface area contributed by atoms with Crippen molar-refractivity contribution < 1.29 is 4.79 Å². The summed E-state index contributed by atoms with van der Waals surface area (Å²) in [6.45, 7) is 0. The Bertz CT molecular complexity index is 155. The van der Waals surface area contributed by atoms with E-state index >= 15 is 0 Å². The molecule has 0 atom stereocenters. The van der Waals surface area contributed by atoms with Gasteiger partial charge in [-0.2, -0.15) is 5.10 Å². The monoisotopic (exact) mass is 128 g/mol. The number of amides is 2. The fraction of sp³-hybridized carbons (Fsp3) is 0.500. The van der Waals surface area contributed by atoms with Gasteiger partial charge >= 0.3 is 6.03 Å². The van der Waals surface area contributed by atoms with Gasteiger partial charge in [0.05, 0.1) is 0 Å². The van der Waals surface area contributed by atoms with Gasteiger partial charge in [0.15, 0.2) is 0 Å². The molecule has 0 radical (unpaired) electrons. The van der Waals surface area contributed by atoms with Crippen molar-refractivity contribution in [3.05, 3.63) is 0 Å². The molecule has 9 heavy (non-hydrogen) atoms. The van der Waals surface area contributed by atoms with Gasteiger partial charge in [0, 0.05) is 14.1 Å². The molecule has 0 saturated carbocycles. The number of nitrogens with zero attached hydrogens (tertiary/aromatic N) is 3. The molecule has 1 heterocycles. The highest BCUT2D eigenvalue weighted by Crippen LogP contribution is 1.93. The first-order valence-electron chi connectivity index (χ1n) is 2.52. The first kappa shape index (κ1) is 5.87. The number of carbonyl (C=O) groups excluding carboxylic acids is 1. The Morgan fingerprint density at radius 3 is 2.78 bits per heavy atom. The second kappa shape index (κ2) is 1.93. The molecule has 1 rings (SSSR count). The molecule has 0 saturated heterocycles. The van der Waals surface area contributed by atoms with Gasteiger partial charge in [0.2, 0.25) is 0 Å². The first-order valence-corrected chi connectivity index (χ1v) is 2.52. The van der Waals surface area contributed by atoms with Crippen molar-refractivity contribution in [1.29, 1.82) is 0 Å². The fourth-order valence-corrected chi connectivity index (χ4v) is 0.521. The number of hydrogen-bond acceptors (Lipinski definition) is 3. The number of hydrazine groups is 1. The second-order valence-electron chi connectivity index (χ2n) is 1.74. The molecule has 1 N–H and O–H groups in total. The normalized spacial score (nSPS) is 18.2. The van der Waals surface area contributed by atoms with E-state index in [9.17, 15) is 4.79 Å². The fourth-order valence-electron chi connectivity index (χ4n) is 0.521. The summed E-state index contributed by atoms with van der Waals surface area (Å²) in [7, 11) is 3.22. The molecule has 0 bridgehead atoms. The van der Waals surface area contributed by atoms with E-state index in [0.717, 1.165) is 0 Å². The predicted octanol–water partition coefficient (Wildman–Crippen LogP) is -0.568. The lowest BCUT2D eigenvalue weighted by atomic mass is 10.8. The zero-order chi connectivity index (χ0) is 6.85. The average molecular weight is 128 g/mol. The molecule has 5 nitrogen and oxygen atoms in total. The van der Waals surface area contributed by atoms with Gasteiger partial charge in [-0.15, -0.1) is 0 Å². The van der Waals surface area contributed by atoms with Crippen LogP contribution in [0, 0.1) is 0 Å². The van der Waals surface area contributed by atoms with Gasteiger partial charge in [-0.25, -0.2) is 14.8 Å². The summed E-state index contributed by atoms with van der Waals surface area (Å²) in [5.41, 5.74) is 2.61. The van der Waals surface area contributed by atoms with Crippen molar-refractivity contribution in [3.63, 3.8) is 0 Å². The summed E-state index contributed by atoms with van der Waals surface area (Å²) in [6, 6.07) is -0.169. The molecule has 0 aliphatic carbocycles. The summed E-state index contributed by atoms with van der Waals surface area (Å²) in [6.07, 6.45) is 1.45. The van der Waals surface area contributed by atoms with Crippen LogP contribution < -0.4 is 5.43 Å². The number of carbonyl (C=O) groups is 1. The van der Waals surface area contributed by atoms with Crippen LogP contribution in [-0.4, -0.2) is 36.5 Å². The minimum Gasteiger partial charge on any atom is -0.283 e. The van der Waals surface area contributed by atoms with Gasteiger partial charge in [-0.05, 0) is 0 Å². The highest BCUT2D eigenvalue weighted by molar-refractivity contribution is 5.78. The maximum Gasteiger partial charge on any atom is 0.358 e. The van der Waals surface area contributed by atoms with E-state index in [4.69, 9.17) is 0 Å². The Hall–Kier alpha value is -1.26.